The second-order valence-electron chi connectivity index (χ2n) is 6.33. The average molecular weight is 300 g/mol. The van der Waals surface area contributed by atoms with Gasteiger partial charge in [-0.2, -0.15) is 0 Å². The predicted molar refractivity (Wildman–Crippen MR) is 69.7 cm³/mol. The summed E-state index contributed by atoms with van der Waals surface area (Å²) in [7, 11) is 0. The number of nitrogens with zero attached hydrogens (tertiary/aromatic N) is 1. The summed E-state index contributed by atoms with van der Waals surface area (Å²) in [5.74, 6) is -4.05. The third-order valence-electron chi connectivity index (χ3n) is 4.78. The minimum atomic E-state index is -2.59. The van der Waals surface area contributed by atoms with Gasteiger partial charge in [0.1, 0.15) is 0 Å². The van der Waals surface area contributed by atoms with Gasteiger partial charge in [0.25, 0.3) is 0 Å². The summed E-state index contributed by atoms with van der Waals surface area (Å²) >= 11 is 0. The van der Waals surface area contributed by atoms with Gasteiger partial charge in [-0.25, -0.2) is 13.6 Å². The molecule has 0 saturated heterocycles. The van der Waals surface area contributed by atoms with Crippen LogP contribution in [0, 0.1) is 11.8 Å². The zero-order chi connectivity index (χ0) is 15.4. The summed E-state index contributed by atoms with van der Waals surface area (Å²) < 4.78 is 26.1. The highest BCUT2D eigenvalue weighted by Gasteiger charge is 2.49. The molecule has 116 valence electrons. The number of carbonyl (C=O) groups excluding carboxylic acids is 1. The van der Waals surface area contributed by atoms with Crippen LogP contribution < -0.4 is 5.32 Å². The molecule has 1 aliphatic heterocycles. The summed E-state index contributed by atoms with van der Waals surface area (Å²) in [6.07, 6.45) is 2.17. The van der Waals surface area contributed by atoms with E-state index in [1.54, 1.807) is 13.1 Å². The average Bonchev–Trinajstić information content (AvgIpc) is 2.26. The predicted octanol–water partition coefficient (Wildman–Crippen LogP) is 2.19. The van der Waals surface area contributed by atoms with Crippen molar-refractivity contribution in [3.8, 4) is 0 Å². The van der Waals surface area contributed by atoms with E-state index in [1.807, 2.05) is 0 Å². The number of alkyl halides is 2. The molecule has 0 spiro atoms. The van der Waals surface area contributed by atoms with Gasteiger partial charge in [-0.15, -0.1) is 0 Å². The number of carboxylic acid groups (broad SMARTS) is 1. The third kappa shape index (κ3) is 2.49. The lowest BCUT2D eigenvalue weighted by molar-refractivity contribution is -0.146. The smallest absolute Gasteiger partial charge is 0.322 e. The molecule has 3 aliphatic rings. The van der Waals surface area contributed by atoms with Gasteiger partial charge in [-0.3, -0.25) is 9.69 Å². The Bertz CT molecular complexity index is 506. The molecule has 0 unspecified atom stereocenters. The van der Waals surface area contributed by atoms with Gasteiger partial charge in [-0.05, 0) is 31.3 Å². The van der Waals surface area contributed by atoms with Crippen LogP contribution in [-0.4, -0.2) is 40.0 Å². The van der Waals surface area contributed by atoms with Crippen molar-refractivity contribution in [3.63, 3.8) is 0 Å². The van der Waals surface area contributed by atoms with Gasteiger partial charge in [0.2, 0.25) is 5.92 Å². The second-order valence-corrected chi connectivity index (χ2v) is 6.33. The van der Waals surface area contributed by atoms with Crippen molar-refractivity contribution in [1.29, 1.82) is 0 Å². The third-order valence-corrected chi connectivity index (χ3v) is 4.78. The van der Waals surface area contributed by atoms with Gasteiger partial charge in [-0.1, -0.05) is 0 Å². The van der Waals surface area contributed by atoms with E-state index in [1.165, 1.54) is 4.90 Å². The van der Waals surface area contributed by atoms with E-state index in [0.717, 1.165) is 5.57 Å². The van der Waals surface area contributed by atoms with Gasteiger partial charge >= 0.3 is 12.0 Å². The van der Waals surface area contributed by atoms with E-state index < -0.39 is 17.8 Å². The van der Waals surface area contributed by atoms with Crippen LogP contribution in [0.1, 0.15) is 32.6 Å². The summed E-state index contributed by atoms with van der Waals surface area (Å²) in [5.41, 5.74) is 0.819. The molecular weight excluding hydrogens is 282 g/mol. The van der Waals surface area contributed by atoms with Gasteiger partial charge in [0.15, 0.2) is 0 Å². The first-order valence-corrected chi connectivity index (χ1v) is 7.18. The highest BCUT2D eigenvalue weighted by molar-refractivity contribution is 5.79. The number of rotatable bonds is 3. The number of aliphatic carboxylic acids is 1. The minimum absolute atomic E-state index is 0.144. The fraction of sp³-hybridized carbons (Fsp3) is 0.714. The Morgan fingerprint density at radius 2 is 2.05 bits per heavy atom. The lowest BCUT2D eigenvalue weighted by Crippen LogP contribution is -2.56. The molecule has 0 aromatic carbocycles. The number of nitrogens with one attached hydrogen (secondary N) is 1. The Balaban J connectivity index is 1.70. The maximum atomic E-state index is 13.0. The van der Waals surface area contributed by atoms with Crippen molar-refractivity contribution in [2.75, 3.05) is 0 Å². The second kappa shape index (κ2) is 4.68. The molecular formula is C14H18F2N2O3. The minimum Gasteiger partial charge on any atom is -0.481 e. The molecule has 7 heteroatoms. The SMILES string of the molecule is C[C@H]1NC(=O)N([C@H]2C[C@H](C(=O)O)C2)C=C1C1CC(F)(F)C1. The van der Waals surface area contributed by atoms with Crippen LogP contribution in [0.25, 0.3) is 0 Å². The molecule has 1 heterocycles. The summed E-state index contributed by atoms with van der Waals surface area (Å²) in [4.78, 5) is 24.3. The molecule has 0 aromatic rings. The number of hydrogen-bond donors (Lipinski definition) is 2. The molecule has 5 nitrogen and oxygen atoms in total. The first kappa shape index (κ1) is 14.3. The molecule has 3 rings (SSSR count). The van der Waals surface area contributed by atoms with E-state index >= 15 is 0 Å². The number of urea groups is 1. The normalized spacial score (nSPS) is 35.4. The summed E-state index contributed by atoms with van der Waals surface area (Å²) in [6, 6.07) is -0.662. The van der Waals surface area contributed by atoms with Crippen molar-refractivity contribution in [2.24, 2.45) is 11.8 Å². The van der Waals surface area contributed by atoms with Gasteiger partial charge in [0, 0.05) is 25.1 Å². The molecule has 2 N–H and O–H groups in total. The first-order valence-electron chi connectivity index (χ1n) is 7.18. The van der Waals surface area contributed by atoms with Crippen LogP contribution in [0.2, 0.25) is 0 Å². The Morgan fingerprint density at radius 3 is 2.57 bits per heavy atom. The number of halogens is 2. The molecule has 0 bridgehead atoms. The van der Waals surface area contributed by atoms with Crippen molar-refractivity contribution in [2.45, 2.75) is 50.6 Å². The quantitative estimate of drug-likeness (QED) is 0.839. The largest absolute Gasteiger partial charge is 0.481 e. The van der Waals surface area contributed by atoms with Gasteiger partial charge < -0.3 is 10.4 Å². The van der Waals surface area contributed by atoms with Crippen LogP contribution in [-0.2, 0) is 4.79 Å². The summed E-state index contributed by atoms with van der Waals surface area (Å²) in [6.45, 7) is 1.79. The van der Waals surface area contributed by atoms with E-state index in [9.17, 15) is 18.4 Å². The van der Waals surface area contributed by atoms with Crippen LogP contribution >= 0.6 is 0 Å². The zero-order valence-electron chi connectivity index (χ0n) is 11.7. The molecule has 1 atom stereocenters. The Kier molecular flexibility index (Phi) is 3.18. The highest BCUT2D eigenvalue weighted by atomic mass is 19.3. The zero-order valence-corrected chi connectivity index (χ0v) is 11.7. The van der Waals surface area contributed by atoms with Crippen LogP contribution in [0.3, 0.4) is 0 Å². The lowest BCUT2D eigenvalue weighted by Gasteiger charge is -2.45. The molecule has 2 fully saturated rings. The molecule has 0 radical (unpaired) electrons. The Labute approximate surface area is 121 Å². The number of carbonyl (C=O) groups is 2. The first-order chi connectivity index (χ1) is 9.77. The number of hydrogen-bond acceptors (Lipinski definition) is 2. The monoisotopic (exact) mass is 300 g/mol. The van der Waals surface area contributed by atoms with Crippen molar-refractivity contribution >= 4 is 12.0 Å². The maximum Gasteiger partial charge on any atom is 0.322 e. The van der Waals surface area contributed by atoms with E-state index in [-0.39, 0.29) is 36.9 Å². The van der Waals surface area contributed by atoms with Crippen molar-refractivity contribution < 1.29 is 23.5 Å². The van der Waals surface area contributed by atoms with E-state index in [2.05, 4.69) is 5.32 Å². The summed E-state index contributed by atoms with van der Waals surface area (Å²) in [5, 5.41) is 11.7. The lowest BCUT2D eigenvalue weighted by atomic mass is 9.73. The van der Waals surface area contributed by atoms with Crippen LogP contribution in [0.15, 0.2) is 11.8 Å². The van der Waals surface area contributed by atoms with E-state index in [0.29, 0.717) is 12.8 Å². The topological polar surface area (TPSA) is 69.6 Å². The molecule has 2 saturated carbocycles. The number of carboxylic acids is 1. The molecule has 2 aliphatic carbocycles. The Hall–Kier alpha value is -1.66. The molecule has 21 heavy (non-hydrogen) atoms. The van der Waals surface area contributed by atoms with Crippen molar-refractivity contribution in [1.82, 2.24) is 10.2 Å². The fourth-order valence-corrected chi connectivity index (χ4v) is 3.32. The molecule has 0 aromatic heterocycles. The van der Waals surface area contributed by atoms with Crippen LogP contribution in [0.5, 0.6) is 0 Å². The Morgan fingerprint density at radius 1 is 1.43 bits per heavy atom. The maximum absolute atomic E-state index is 13.0. The fourth-order valence-electron chi connectivity index (χ4n) is 3.32. The van der Waals surface area contributed by atoms with Crippen molar-refractivity contribution in [3.05, 3.63) is 11.8 Å². The molecule has 2 amide bonds. The van der Waals surface area contributed by atoms with Gasteiger partial charge in [0.05, 0.1) is 12.0 Å². The number of amides is 2. The standard InChI is InChI=1S/C14H18F2N2O3/c1-7-11(9-4-14(15,16)5-9)6-18(13(21)17-7)10-2-8(3-10)12(19)20/h6-10H,2-5H2,1H3,(H,17,21)(H,19,20)/t7-,8-,10-/m1/s1. The highest BCUT2D eigenvalue weighted by Crippen LogP contribution is 2.47. The van der Waals surface area contributed by atoms with E-state index in [4.69, 9.17) is 5.11 Å². The van der Waals surface area contributed by atoms with Crippen LogP contribution in [0.4, 0.5) is 13.6 Å².